The first-order chi connectivity index (χ1) is 9.28. The van der Waals surface area contributed by atoms with E-state index in [1.54, 1.807) is 0 Å². The van der Waals surface area contributed by atoms with E-state index in [0.29, 0.717) is 12.0 Å². The fourth-order valence-corrected chi connectivity index (χ4v) is 4.28. The first kappa shape index (κ1) is 15.2. The summed E-state index contributed by atoms with van der Waals surface area (Å²) in [4.78, 5) is 2.70. The van der Waals surface area contributed by atoms with Gasteiger partial charge >= 0.3 is 0 Å². The normalized spacial score (nSPS) is 24.8. The number of hydrogen-bond donors (Lipinski definition) is 2. The SMILES string of the molecule is CCC(CC)(C(NN)C1CCOCC1)N1CCCC1. The zero-order valence-corrected chi connectivity index (χ0v) is 12.7. The van der Waals surface area contributed by atoms with Gasteiger partial charge < -0.3 is 4.74 Å². The van der Waals surface area contributed by atoms with E-state index in [9.17, 15) is 0 Å². The number of hydrogen-bond acceptors (Lipinski definition) is 4. The van der Waals surface area contributed by atoms with Crippen molar-refractivity contribution in [2.45, 2.75) is 64.0 Å². The number of nitrogens with zero attached hydrogens (tertiary/aromatic N) is 1. The minimum Gasteiger partial charge on any atom is -0.381 e. The Bertz CT molecular complexity index is 256. The molecular weight excluding hydrogens is 238 g/mol. The van der Waals surface area contributed by atoms with Gasteiger partial charge in [0.05, 0.1) is 0 Å². The maximum atomic E-state index is 5.99. The molecule has 3 N–H and O–H groups in total. The molecule has 2 aliphatic rings. The van der Waals surface area contributed by atoms with Gasteiger partial charge in [-0.05, 0) is 57.5 Å². The molecule has 0 bridgehead atoms. The molecule has 0 radical (unpaired) electrons. The lowest BCUT2D eigenvalue weighted by Gasteiger charge is -2.50. The predicted octanol–water partition coefficient (Wildman–Crippen LogP) is 1.90. The highest BCUT2D eigenvalue weighted by Crippen LogP contribution is 2.37. The summed E-state index contributed by atoms with van der Waals surface area (Å²) < 4.78 is 5.52. The molecule has 1 unspecified atom stereocenters. The Morgan fingerprint density at radius 2 is 1.79 bits per heavy atom. The molecule has 1 atom stereocenters. The van der Waals surface area contributed by atoms with Crippen LogP contribution in [-0.2, 0) is 4.74 Å². The van der Waals surface area contributed by atoms with E-state index in [-0.39, 0.29) is 5.54 Å². The second kappa shape index (κ2) is 7.02. The monoisotopic (exact) mass is 269 g/mol. The number of likely N-dealkylation sites (tertiary alicyclic amines) is 1. The molecule has 0 aromatic rings. The van der Waals surface area contributed by atoms with Crippen LogP contribution in [0.3, 0.4) is 0 Å². The fraction of sp³-hybridized carbons (Fsp3) is 1.00. The molecule has 0 amide bonds. The van der Waals surface area contributed by atoms with E-state index in [4.69, 9.17) is 10.6 Å². The van der Waals surface area contributed by atoms with Gasteiger partial charge in [0.15, 0.2) is 0 Å². The van der Waals surface area contributed by atoms with Crippen LogP contribution >= 0.6 is 0 Å². The molecule has 2 aliphatic heterocycles. The quantitative estimate of drug-likeness (QED) is 0.571. The zero-order valence-electron chi connectivity index (χ0n) is 12.7. The molecule has 2 saturated heterocycles. The van der Waals surface area contributed by atoms with Crippen molar-refractivity contribution in [3.05, 3.63) is 0 Å². The second-order valence-electron chi connectivity index (χ2n) is 6.10. The summed E-state index contributed by atoms with van der Waals surface area (Å²) in [5, 5.41) is 0. The number of ether oxygens (including phenoxy) is 1. The van der Waals surface area contributed by atoms with Gasteiger partial charge in [0.2, 0.25) is 0 Å². The van der Waals surface area contributed by atoms with Crippen molar-refractivity contribution in [2.75, 3.05) is 26.3 Å². The van der Waals surface area contributed by atoms with Gasteiger partial charge in [0.1, 0.15) is 0 Å². The van der Waals surface area contributed by atoms with Crippen LogP contribution in [0, 0.1) is 5.92 Å². The number of nitrogens with two attached hydrogens (primary N) is 1. The second-order valence-corrected chi connectivity index (χ2v) is 6.10. The van der Waals surface area contributed by atoms with E-state index in [0.717, 1.165) is 26.1 Å². The maximum Gasteiger partial charge on any atom is 0.0469 e. The molecule has 19 heavy (non-hydrogen) atoms. The average Bonchev–Trinajstić information content (AvgIpc) is 3.00. The maximum absolute atomic E-state index is 5.99. The Labute approximate surface area is 118 Å². The summed E-state index contributed by atoms with van der Waals surface area (Å²) in [6, 6.07) is 0.393. The van der Waals surface area contributed by atoms with Crippen molar-refractivity contribution < 1.29 is 4.74 Å². The third kappa shape index (κ3) is 2.97. The summed E-state index contributed by atoms with van der Waals surface area (Å²) in [5.74, 6) is 6.64. The average molecular weight is 269 g/mol. The van der Waals surface area contributed by atoms with Crippen LogP contribution in [0.5, 0.6) is 0 Å². The molecule has 4 nitrogen and oxygen atoms in total. The van der Waals surface area contributed by atoms with Crippen molar-refractivity contribution in [2.24, 2.45) is 11.8 Å². The lowest BCUT2D eigenvalue weighted by molar-refractivity contribution is -0.00598. The molecule has 2 fully saturated rings. The molecule has 4 heteroatoms. The predicted molar refractivity (Wildman–Crippen MR) is 78.8 cm³/mol. The standard InChI is InChI=1S/C15H31N3O/c1-3-15(4-2,18-9-5-6-10-18)14(17-16)13-7-11-19-12-8-13/h13-14,17H,3-12,16H2,1-2H3. The fourth-order valence-electron chi connectivity index (χ4n) is 4.28. The molecule has 0 aliphatic carbocycles. The Balaban J connectivity index is 2.17. The molecule has 0 saturated carbocycles. The minimum absolute atomic E-state index is 0.229. The van der Waals surface area contributed by atoms with Gasteiger partial charge in [-0.15, -0.1) is 0 Å². The summed E-state index contributed by atoms with van der Waals surface area (Å²) in [6.45, 7) is 8.92. The molecule has 0 spiro atoms. The zero-order chi connectivity index (χ0) is 13.7. The number of rotatable bonds is 6. The van der Waals surface area contributed by atoms with Crippen LogP contribution in [0.4, 0.5) is 0 Å². The number of hydrazine groups is 1. The number of nitrogens with one attached hydrogen (secondary N) is 1. The molecule has 112 valence electrons. The molecule has 2 rings (SSSR count). The van der Waals surface area contributed by atoms with E-state index in [1.807, 2.05) is 0 Å². The van der Waals surface area contributed by atoms with E-state index in [1.165, 1.54) is 38.8 Å². The topological polar surface area (TPSA) is 50.5 Å². The van der Waals surface area contributed by atoms with Crippen LogP contribution < -0.4 is 11.3 Å². The largest absolute Gasteiger partial charge is 0.381 e. The van der Waals surface area contributed by atoms with Gasteiger partial charge in [-0.2, -0.15) is 0 Å². The van der Waals surface area contributed by atoms with Gasteiger partial charge in [-0.3, -0.25) is 16.2 Å². The summed E-state index contributed by atoms with van der Waals surface area (Å²) in [5.41, 5.74) is 3.42. The Morgan fingerprint density at radius 3 is 2.26 bits per heavy atom. The summed E-state index contributed by atoms with van der Waals surface area (Å²) in [6.07, 6.45) is 7.32. The molecular formula is C15H31N3O. The van der Waals surface area contributed by atoms with Crippen LogP contribution in [0.1, 0.15) is 52.4 Å². The molecule has 0 aromatic heterocycles. The Morgan fingerprint density at radius 1 is 1.21 bits per heavy atom. The Kier molecular flexibility index (Phi) is 5.63. The summed E-state index contributed by atoms with van der Waals surface area (Å²) >= 11 is 0. The highest BCUT2D eigenvalue weighted by atomic mass is 16.5. The van der Waals surface area contributed by atoms with Crippen molar-refractivity contribution in [1.29, 1.82) is 0 Å². The van der Waals surface area contributed by atoms with Crippen molar-refractivity contribution in [3.63, 3.8) is 0 Å². The van der Waals surface area contributed by atoms with Gasteiger partial charge in [-0.25, -0.2) is 0 Å². The van der Waals surface area contributed by atoms with Crippen molar-refractivity contribution in [1.82, 2.24) is 10.3 Å². The summed E-state index contributed by atoms with van der Waals surface area (Å²) in [7, 11) is 0. The first-order valence-corrected chi connectivity index (χ1v) is 8.07. The van der Waals surface area contributed by atoms with Gasteiger partial charge in [0.25, 0.3) is 0 Å². The smallest absolute Gasteiger partial charge is 0.0469 e. The highest BCUT2D eigenvalue weighted by molar-refractivity contribution is 5.02. The van der Waals surface area contributed by atoms with E-state index < -0.39 is 0 Å². The lowest BCUT2D eigenvalue weighted by Crippen LogP contribution is -2.64. The van der Waals surface area contributed by atoms with Gasteiger partial charge in [-0.1, -0.05) is 13.8 Å². The van der Waals surface area contributed by atoms with Crippen molar-refractivity contribution >= 4 is 0 Å². The van der Waals surface area contributed by atoms with Gasteiger partial charge in [0, 0.05) is 24.8 Å². The Hall–Kier alpha value is -0.160. The first-order valence-electron chi connectivity index (χ1n) is 8.07. The minimum atomic E-state index is 0.229. The van der Waals surface area contributed by atoms with E-state index >= 15 is 0 Å². The van der Waals surface area contributed by atoms with Crippen LogP contribution in [0.25, 0.3) is 0 Å². The van der Waals surface area contributed by atoms with Crippen LogP contribution in [0.2, 0.25) is 0 Å². The highest BCUT2D eigenvalue weighted by Gasteiger charge is 2.45. The van der Waals surface area contributed by atoms with Crippen molar-refractivity contribution in [3.8, 4) is 0 Å². The third-order valence-corrected chi connectivity index (χ3v) is 5.46. The molecule has 0 aromatic carbocycles. The molecule has 2 heterocycles. The van der Waals surface area contributed by atoms with E-state index in [2.05, 4.69) is 24.2 Å². The third-order valence-electron chi connectivity index (χ3n) is 5.46. The lowest BCUT2D eigenvalue weighted by atomic mass is 9.74. The van der Waals surface area contributed by atoms with Crippen LogP contribution in [-0.4, -0.2) is 42.8 Å². The van der Waals surface area contributed by atoms with Crippen LogP contribution in [0.15, 0.2) is 0 Å².